The highest BCUT2D eigenvalue weighted by atomic mass is 32.1. The van der Waals surface area contributed by atoms with Gasteiger partial charge in [-0.1, -0.05) is 12.1 Å². The lowest BCUT2D eigenvalue weighted by Crippen LogP contribution is -2.24. The molecule has 1 aromatic carbocycles. The first-order chi connectivity index (χ1) is 14.1. The maximum absolute atomic E-state index is 13.5. The monoisotopic (exact) mass is 436 g/mol. The van der Waals surface area contributed by atoms with E-state index in [2.05, 4.69) is 20.4 Å². The highest BCUT2D eigenvalue weighted by Crippen LogP contribution is 2.34. The van der Waals surface area contributed by atoms with Crippen molar-refractivity contribution in [2.24, 2.45) is 0 Å². The van der Waals surface area contributed by atoms with Crippen molar-refractivity contribution in [3.05, 3.63) is 62.9 Å². The molecule has 3 rings (SSSR count). The molecule has 0 aliphatic rings. The largest absolute Gasteiger partial charge is 0.416 e. The molecule has 11 heteroatoms. The molecule has 0 atom stereocenters. The number of halogens is 3. The summed E-state index contributed by atoms with van der Waals surface area (Å²) in [5.74, 6) is 0.00625. The van der Waals surface area contributed by atoms with E-state index in [1.807, 2.05) is 12.3 Å². The average Bonchev–Trinajstić information content (AvgIpc) is 3.27. The smallest absolute Gasteiger partial charge is 0.335 e. The summed E-state index contributed by atoms with van der Waals surface area (Å²) in [6.07, 6.45) is -1.93. The van der Waals surface area contributed by atoms with Crippen LogP contribution in [0.4, 0.5) is 13.2 Å². The summed E-state index contributed by atoms with van der Waals surface area (Å²) in [6, 6.07) is 3.82. The van der Waals surface area contributed by atoms with Gasteiger partial charge in [-0.2, -0.15) is 18.0 Å². The number of carbonyl (C=O) groups is 1. The summed E-state index contributed by atoms with van der Waals surface area (Å²) in [4.78, 5) is 19.3. The highest BCUT2D eigenvalue weighted by Gasteiger charge is 2.34. The Morgan fingerprint density at radius 3 is 2.67 bits per heavy atom. The van der Waals surface area contributed by atoms with Crippen LogP contribution in [0.15, 0.2) is 29.7 Å². The van der Waals surface area contributed by atoms with Gasteiger partial charge in [0, 0.05) is 24.2 Å². The molecule has 0 radical (unpaired) electrons. The van der Waals surface area contributed by atoms with Crippen molar-refractivity contribution in [3.63, 3.8) is 0 Å². The molecule has 158 valence electrons. The lowest BCUT2D eigenvalue weighted by molar-refractivity contribution is -0.138. The van der Waals surface area contributed by atoms with Gasteiger partial charge in [0.05, 0.1) is 18.7 Å². The number of carbonyl (C=O) groups excluding carboxylic acids is 1. The van der Waals surface area contributed by atoms with Crippen LogP contribution in [0.3, 0.4) is 0 Å². The number of aromatic nitrogens is 5. The molecule has 0 fully saturated rings. The van der Waals surface area contributed by atoms with Crippen molar-refractivity contribution in [3.8, 4) is 0 Å². The van der Waals surface area contributed by atoms with Crippen LogP contribution in [0.25, 0.3) is 6.08 Å². The third kappa shape index (κ3) is 5.29. The minimum absolute atomic E-state index is 0.0374. The number of likely N-dealkylation sites (N-methyl/N-ethyl adjacent to an activating group) is 1. The van der Waals surface area contributed by atoms with Gasteiger partial charge < -0.3 is 4.90 Å². The zero-order valence-corrected chi connectivity index (χ0v) is 17.3. The molecule has 0 spiro atoms. The number of aryl methyl sites for hydroxylation is 2. The Hall–Kier alpha value is -3.08. The number of alkyl halides is 3. The Balaban J connectivity index is 1.85. The second-order valence-corrected chi connectivity index (χ2v) is 7.59. The van der Waals surface area contributed by atoms with Crippen molar-refractivity contribution in [2.45, 2.75) is 33.1 Å². The van der Waals surface area contributed by atoms with E-state index in [4.69, 9.17) is 0 Å². The van der Waals surface area contributed by atoms with Gasteiger partial charge in [0.25, 0.3) is 0 Å². The number of hydrogen-bond acceptors (Lipinski definition) is 6. The zero-order valence-electron chi connectivity index (χ0n) is 16.5. The Morgan fingerprint density at radius 1 is 1.30 bits per heavy atom. The molecule has 2 heterocycles. The Morgan fingerprint density at radius 2 is 2.07 bits per heavy atom. The molecule has 0 saturated carbocycles. The molecular weight excluding hydrogens is 417 g/mol. The molecule has 0 aliphatic heterocycles. The number of nitrogens with zero attached hydrogens (tertiary/aromatic N) is 6. The number of rotatable bonds is 6. The third-order valence-electron chi connectivity index (χ3n) is 4.19. The number of benzene rings is 1. The maximum Gasteiger partial charge on any atom is 0.416 e. The molecule has 0 bridgehead atoms. The Kier molecular flexibility index (Phi) is 6.30. The van der Waals surface area contributed by atoms with Crippen LogP contribution in [0.2, 0.25) is 0 Å². The molecule has 0 unspecified atom stereocenters. The second kappa shape index (κ2) is 8.74. The van der Waals surface area contributed by atoms with E-state index in [9.17, 15) is 18.0 Å². The standard InChI is InChI=1S/C19H19F3N6OS/c1-12-11-30-17(23-12)10-27(3)18(29)8-7-14-5-4-6-16(19(20,21)22)15(14)9-28-25-13(2)24-26-28/h4-8,11H,9-10H2,1-3H3/b8-7+. The fraction of sp³-hybridized carbons (Fsp3) is 0.316. The number of amides is 1. The van der Waals surface area contributed by atoms with E-state index in [1.165, 1.54) is 40.5 Å². The molecular formula is C19H19F3N6OS. The molecule has 1 amide bonds. The van der Waals surface area contributed by atoms with Crippen LogP contribution in [-0.2, 0) is 24.1 Å². The lowest BCUT2D eigenvalue weighted by Gasteiger charge is -2.15. The van der Waals surface area contributed by atoms with Crippen LogP contribution in [0.5, 0.6) is 0 Å². The highest BCUT2D eigenvalue weighted by molar-refractivity contribution is 7.09. The summed E-state index contributed by atoms with van der Waals surface area (Å²) in [6.45, 7) is 3.55. The van der Waals surface area contributed by atoms with E-state index < -0.39 is 11.7 Å². The van der Waals surface area contributed by atoms with Crippen LogP contribution >= 0.6 is 11.3 Å². The SMILES string of the molecule is Cc1csc(CN(C)C(=O)/C=C/c2cccc(C(F)(F)F)c2Cn2nnc(C)n2)n1. The summed E-state index contributed by atoms with van der Waals surface area (Å²) < 4.78 is 40.6. The van der Waals surface area contributed by atoms with E-state index >= 15 is 0 Å². The van der Waals surface area contributed by atoms with Crippen LogP contribution < -0.4 is 0 Å². The van der Waals surface area contributed by atoms with Crippen LogP contribution in [0, 0.1) is 13.8 Å². The van der Waals surface area contributed by atoms with Crippen molar-refractivity contribution < 1.29 is 18.0 Å². The second-order valence-electron chi connectivity index (χ2n) is 6.65. The number of tetrazole rings is 1. The van der Waals surface area contributed by atoms with Gasteiger partial charge >= 0.3 is 6.18 Å². The first kappa shape index (κ1) is 21.6. The topological polar surface area (TPSA) is 76.8 Å². The van der Waals surface area contributed by atoms with E-state index in [1.54, 1.807) is 14.0 Å². The van der Waals surface area contributed by atoms with E-state index in [0.29, 0.717) is 12.4 Å². The molecule has 0 saturated heterocycles. The number of thiazole rings is 1. The van der Waals surface area contributed by atoms with Gasteiger partial charge in [0.15, 0.2) is 5.82 Å². The summed E-state index contributed by atoms with van der Waals surface area (Å²) in [7, 11) is 1.61. The van der Waals surface area contributed by atoms with Crippen LogP contribution in [0.1, 0.15) is 33.2 Å². The summed E-state index contributed by atoms with van der Waals surface area (Å²) in [5, 5.41) is 14.1. The molecule has 3 aromatic rings. The molecule has 30 heavy (non-hydrogen) atoms. The average molecular weight is 436 g/mol. The summed E-state index contributed by atoms with van der Waals surface area (Å²) >= 11 is 1.44. The van der Waals surface area contributed by atoms with Crippen LogP contribution in [-0.4, -0.2) is 43.0 Å². The first-order valence-corrected chi connectivity index (χ1v) is 9.79. The van der Waals surface area contributed by atoms with Gasteiger partial charge in [-0.15, -0.1) is 21.5 Å². The molecule has 2 aromatic heterocycles. The zero-order chi connectivity index (χ0) is 21.9. The molecule has 0 N–H and O–H groups in total. The van der Waals surface area contributed by atoms with Gasteiger partial charge in [0.1, 0.15) is 5.01 Å². The molecule has 0 aliphatic carbocycles. The minimum Gasteiger partial charge on any atom is -0.335 e. The quantitative estimate of drug-likeness (QED) is 0.553. The predicted octanol–water partition coefficient (Wildman–Crippen LogP) is 3.49. The van der Waals surface area contributed by atoms with Gasteiger partial charge in [-0.3, -0.25) is 4.79 Å². The number of hydrogen-bond donors (Lipinski definition) is 0. The van der Waals surface area contributed by atoms with Crippen molar-refractivity contribution in [1.29, 1.82) is 0 Å². The van der Waals surface area contributed by atoms with Gasteiger partial charge in [-0.25, -0.2) is 4.98 Å². The van der Waals surface area contributed by atoms with Crippen molar-refractivity contribution >= 4 is 23.3 Å². The fourth-order valence-electron chi connectivity index (χ4n) is 2.78. The predicted molar refractivity (Wildman–Crippen MR) is 105 cm³/mol. The fourth-order valence-corrected chi connectivity index (χ4v) is 3.60. The van der Waals surface area contributed by atoms with Crippen molar-refractivity contribution in [2.75, 3.05) is 7.05 Å². The Bertz CT molecular complexity index is 1070. The van der Waals surface area contributed by atoms with Gasteiger partial charge in [0.2, 0.25) is 5.91 Å². The van der Waals surface area contributed by atoms with Gasteiger partial charge in [-0.05, 0) is 42.3 Å². The maximum atomic E-state index is 13.5. The normalized spacial score (nSPS) is 11.9. The lowest BCUT2D eigenvalue weighted by atomic mass is 10.00. The Labute approximate surface area is 174 Å². The van der Waals surface area contributed by atoms with Crippen molar-refractivity contribution in [1.82, 2.24) is 30.1 Å². The minimum atomic E-state index is -4.56. The first-order valence-electron chi connectivity index (χ1n) is 8.91. The summed E-state index contributed by atoms with van der Waals surface area (Å²) in [5.41, 5.74) is 0.284. The van der Waals surface area contributed by atoms with E-state index in [0.717, 1.165) is 21.6 Å². The molecule has 7 nitrogen and oxygen atoms in total. The van der Waals surface area contributed by atoms with E-state index in [-0.39, 0.29) is 23.6 Å². The third-order valence-corrected chi connectivity index (χ3v) is 5.14.